The van der Waals surface area contributed by atoms with Gasteiger partial charge in [0, 0.05) is 5.56 Å². The highest BCUT2D eigenvalue weighted by molar-refractivity contribution is 6.34. The zero-order valence-corrected chi connectivity index (χ0v) is 11.6. The molecule has 1 aromatic carbocycles. The van der Waals surface area contributed by atoms with Gasteiger partial charge in [0.1, 0.15) is 10.3 Å². The molecule has 92 valence electrons. The molecule has 1 heterocycles. The van der Waals surface area contributed by atoms with E-state index in [1.165, 1.54) is 0 Å². The maximum Gasteiger partial charge on any atom is 0.155 e. The van der Waals surface area contributed by atoms with Crippen molar-refractivity contribution in [2.45, 2.75) is 13.8 Å². The van der Waals surface area contributed by atoms with Crippen LogP contribution in [0, 0.1) is 6.92 Å². The van der Waals surface area contributed by atoms with E-state index in [1.807, 2.05) is 43.3 Å². The van der Waals surface area contributed by atoms with Crippen molar-refractivity contribution in [1.82, 2.24) is 9.97 Å². The molecule has 0 spiro atoms. The van der Waals surface area contributed by atoms with E-state index in [-0.39, 0.29) is 0 Å². The van der Waals surface area contributed by atoms with E-state index < -0.39 is 0 Å². The van der Waals surface area contributed by atoms with E-state index in [1.54, 1.807) is 6.92 Å². The topological polar surface area (TPSA) is 25.8 Å². The van der Waals surface area contributed by atoms with Gasteiger partial charge in [0.25, 0.3) is 0 Å². The Labute approximate surface area is 116 Å². The van der Waals surface area contributed by atoms with Gasteiger partial charge in [-0.05, 0) is 31.1 Å². The maximum absolute atomic E-state index is 5.98. The standard InChI is InChI=1S/C14H12Cl2N2/c1-9(11-6-4-3-5-7-11)8-12-17-13(15)10(2)14(16)18-12/h3-8H,1-2H3. The van der Waals surface area contributed by atoms with Gasteiger partial charge < -0.3 is 0 Å². The van der Waals surface area contributed by atoms with Crippen molar-refractivity contribution >= 4 is 34.9 Å². The van der Waals surface area contributed by atoms with Crippen molar-refractivity contribution in [1.29, 1.82) is 0 Å². The number of allylic oxidation sites excluding steroid dienone is 1. The number of rotatable bonds is 2. The summed E-state index contributed by atoms with van der Waals surface area (Å²) >= 11 is 12.0. The second-order valence-corrected chi connectivity index (χ2v) is 4.70. The van der Waals surface area contributed by atoms with E-state index in [2.05, 4.69) is 9.97 Å². The first-order valence-electron chi connectivity index (χ1n) is 5.51. The summed E-state index contributed by atoms with van der Waals surface area (Å²) < 4.78 is 0. The van der Waals surface area contributed by atoms with Gasteiger partial charge in [0.2, 0.25) is 0 Å². The van der Waals surface area contributed by atoms with Gasteiger partial charge in [-0.2, -0.15) is 0 Å². The van der Waals surface area contributed by atoms with Crippen LogP contribution in [0.5, 0.6) is 0 Å². The Morgan fingerprint density at radius 3 is 2.17 bits per heavy atom. The van der Waals surface area contributed by atoms with Crippen LogP contribution in [0.2, 0.25) is 10.3 Å². The molecule has 0 aliphatic heterocycles. The third-order valence-corrected chi connectivity index (χ3v) is 3.36. The number of hydrogen-bond acceptors (Lipinski definition) is 2. The number of hydrogen-bond donors (Lipinski definition) is 0. The normalized spacial score (nSPS) is 11.7. The lowest BCUT2D eigenvalue weighted by molar-refractivity contribution is 1.10. The zero-order chi connectivity index (χ0) is 13.1. The number of halogens is 2. The van der Waals surface area contributed by atoms with Crippen LogP contribution in [0.15, 0.2) is 30.3 Å². The van der Waals surface area contributed by atoms with E-state index in [9.17, 15) is 0 Å². The molecule has 2 nitrogen and oxygen atoms in total. The molecular weight excluding hydrogens is 267 g/mol. The zero-order valence-electron chi connectivity index (χ0n) is 10.1. The lowest BCUT2D eigenvalue weighted by Gasteiger charge is -2.03. The number of benzene rings is 1. The van der Waals surface area contributed by atoms with Gasteiger partial charge in [0.15, 0.2) is 5.82 Å². The first kappa shape index (κ1) is 13.1. The highest BCUT2D eigenvalue weighted by Gasteiger charge is 2.06. The first-order valence-corrected chi connectivity index (χ1v) is 6.27. The second-order valence-electron chi connectivity index (χ2n) is 3.98. The lowest BCUT2D eigenvalue weighted by atomic mass is 10.1. The third kappa shape index (κ3) is 2.89. The minimum Gasteiger partial charge on any atom is -0.217 e. The largest absolute Gasteiger partial charge is 0.217 e. The van der Waals surface area contributed by atoms with Gasteiger partial charge in [-0.15, -0.1) is 0 Å². The van der Waals surface area contributed by atoms with Crippen LogP contribution >= 0.6 is 23.2 Å². The molecule has 18 heavy (non-hydrogen) atoms. The predicted molar refractivity (Wildman–Crippen MR) is 76.8 cm³/mol. The molecule has 0 fully saturated rings. The lowest BCUT2D eigenvalue weighted by Crippen LogP contribution is -1.93. The SMILES string of the molecule is CC(=Cc1nc(Cl)c(C)c(Cl)n1)c1ccccc1. The molecule has 0 saturated carbocycles. The molecule has 4 heteroatoms. The summed E-state index contributed by atoms with van der Waals surface area (Å²) in [4.78, 5) is 8.39. The Morgan fingerprint density at radius 1 is 1.06 bits per heavy atom. The molecule has 0 unspecified atom stereocenters. The number of nitrogens with zero attached hydrogens (tertiary/aromatic N) is 2. The summed E-state index contributed by atoms with van der Waals surface area (Å²) in [6.45, 7) is 3.79. The molecule has 0 aliphatic carbocycles. The first-order chi connectivity index (χ1) is 8.58. The van der Waals surface area contributed by atoms with E-state index in [4.69, 9.17) is 23.2 Å². The Balaban J connectivity index is 2.39. The molecule has 2 aromatic rings. The van der Waals surface area contributed by atoms with Gasteiger partial charge in [-0.25, -0.2) is 9.97 Å². The fourth-order valence-corrected chi connectivity index (χ4v) is 1.92. The Hall–Kier alpha value is -1.38. The van der Waals surface area contributed by atoms with Gasteiger partial charge in [0.05, 0.1) is 0 Å². The minimum atomic E-state index is 0.391. The molecule has 0 amide bonds. The third-order valence-electron chi connectivity index (χ3n) is 2.62. The summed E-state index contributed by atoms with van der Waals surface area (Å²) in [5, 5.41) is 0.782. The average molecular weight is 279 g/mol. The Kier molecular flexibility index (Phi) is 4.00. The predicted octanol–water partition coefficient (Wildman–Crippen LogP) is 4.65. The molecule has 2 rings (SSSR count). The summed E-state index contributed by atoms with van der Waals surface area (Å²) in [6.07, 6.45) is 1.87. The van der Waals surface area contributed by atoms with Crippen molar-refractivity contribution in [3.05, 3.63) is 57.6 Å². The van der Waals surface area contributed by atoms with Crippen molar-refractivity contribution in [2.24, 2.45) is 0 Å². The molecule has 0 N–H and O–H groups in total. The van der Waals surface area contributed by atoms with Crippen molar-refractivity contribution < 1.29 is 0 Å². The Morgan fingerprint density at radius 2 is 1.61 bits per heavy atom. The smallest absolute Gasteiger partial charge is 0.155 e. The van der Waals surface area contributed by atoms with Gasteiger partial charge in [-0.1, -0.05) is 53.5 Å². The quantitative estimate of drug-likeness (QED) is 0.747. The molecule has 1 aromatic heterocycles. The van der Waals surface area contributed by atoms with Crippen LogP contribution in [-0.2, 0) is 0 Å². The summed E-state index contributed by atoms with van der Waals surface area (Å²) in [5.41, 5.74) is 2.88. The van der Waals surface area contributed by atoms with E-state index in [0.717, 1.165) is 11.1 Å². The maximum atomic E-state index is 5.98. The fourth-order valence-electron chi connectivity index (χ4n) is 1.52. The molecule has 0 saturated heterocycles. The van der Waals surface area contributed by atoms with Crippen molar-refractivity contribution in [3.8, 4) is 0 Å². The average Bonchev–Trinajstić information content (AvgIpc) is 2.37. The van der Waals surface area contributed by atoms with Crippen LogP contribution in [0.3, 0.4) is 0 Å². The van der Waals surface area contributed by atoms with Gasteiger partial charge in [-0.3, -0.25) is 0 Å². The molecule has 0 atom stereocenters. The fraction of sp³-hybridized carbons (Fsp3) is 0.143. The Bertz CT molecular complexity index is 569. The molecule has 0 aliphatic rings. The minimum absolute atomic E-state index is 0.391. The van der Waals surface area contributed by atoms with Crippen LogP contribution < -0.4 is 0 Å². The second kappa shape index (κ2) is 5.51. The summed E-state index contributed by atoms with van der Waals surface area (Å²) in [6, 6.07) is 10.0. The van der Waals surface area contributed by atoms with Crippen LogP contribution in [0.4, 0.5) is 0 Å². The van der Waals surface area contributed by atoms with Crippen molar-refractivity contribution in [3.63, 3.8) is 0 Å². The van der Waals surface area contributed by atoms with Crippen LogP contribution in [0.25, 0.3) is 11.6 Å². The summed E-state index contributed by atoms with van der Waals surface area (Å²) in [7, 11) is 0. The van der Waals surface area contributed by atoms with Crippen LogP contribution in [-0.4, -0.2) is 9.97 Å². The van der Waals surface area contributed by atoms with Crippen molar-refractivity contribution in [2.75, 3.05) is 0 Å². The van der Waals surface area contributed by atoms with Crippen LogP contribution in [0.1, 0.15) is 23.9 Å². The number of aromatic nitrogens is 2. The van der Waals surface area contributed by atoms with E-state index in [0.29, 0.717) is 21.7 Å². The van der Waals surface area contributed by atoms with E-state index >= 15 is 0 Å². The highest BCUT2D eigenvalue weighted by Crippen LogP contribution is 2.22. The molecule has 0 radical (unpaired) electrons. The monoisotopic (exact) mass is 278 g/mol. The molecular formula is C14H12Cl2N2. The van der Waals surface area contributed by atoms with Gasteiger partial charge >= 0.3 is 0 Å². The highest BCUT2D eigenvalue weighted by atomic mass is 35.5. The summed E-state index contributed by atoms with van der Waals surface area (Å²) in [5.74, 6) is 0.525. The molecule has 0 bridgehead atoms.